The summed E-state index contributed by atoms with van der Waals surface area (Å²) in [5, 5.41) is 0. The predicted octanol–water partition coefficient (Wildman–Crippen LogP) is 3.18. The molecule has 0 heterocycles. The number of carbonyl (C=O) groups is 1. The molecule has 2 aromatic rings. The third-order valence-corrected chi connectivity index (χ3v) is 4.84. The van der Waals surface area contributed by atoms with Crippen LogP contribution in [0.4, 0.5) is 10.1 Å². The van der Waals surface area contributed by atoms with Crippen LogP contribution >= 0.6 is 15.9 Å². The molecule has 0 aliphatic rings. The van der Waals surface area contributed by atoms with E-state index in [2.05, 4.69) is 25.4 Å². The van der Waals surface area contributed by atoms with E-state index in [1.165, 1.54) is 30.3 Å². The van der Waals surface area contributed by atoms with Crippen LogP contribution in [0.3, 0.4) is 0 Å². The van der Waals surface area contributed by atoms with Gasteiger partial charge in [0.15, 0.2) is 0 Å². The van der Waals surface area contributed by atoms with Crippen molar-refractivity contribution in [3.63, 3.8) is 0 Å². The fourth-order valence-electron chi connectivity index (χ4n) is 1.75. The minimum absolute atomic E-state index is 0.0873. The molecule has 0 spiro atoms. The van der Waals surface area contributed by atoms with Crippen molar-refractivity contribution in [2.75, 3.05) is 11.8 Å². The first-order chi connectivity index (χ1) is 10.3. The van der Waals surface area contributed by atoms with Gasteiger partial charge in [0.25, 0.3) is 10.0 Å². The standard InChI is InChI=1S/C14H11BrFNO4S/c1-21-14(18)10-4-2-3-5-13(10)22(19,20)17-12-7-6-9(16)8-11(12)15/h2-8,17H,1H3. The van der Waals surface area contributed by atoms with E-state index < -0.39 is 21.8 Å². The van der Waals surface area contributed by atoms with Gasteiger partial charge in [-0.2, -0.15) is 0 Å². The smallest absolute Gasteiger partial charge is 0.339 e. The molecule has 0 bridgehead atoms. The van der Waals surface area contributed by atoms with Crippen LogP contribution in [-0.4, -0.2) is 21.5 Å². The second kappa shape index (κ2) is 6.45. The summed E-state index contributed by atoms with van der Waals surface area (Å²) in [5.74, 6) is -1.27. The summed E-state index contributed by atoms with van der Waals surface area (Å²) in [6, 6.07) is 9.17. The molecular formula is C14H11BrFNO4S. The zero-order chi connectivity index (χ0) is 16.3. The van der Waals surface area contributed by atoms with E-state index in [-0.39, 0.29) is 20.6 Å². The molecule has 0 amide bonds. The Morgan fingerprint density at radius 2 is 1.91 bits per heavy atom. The lowest BCUT2D eigenvalue weighted by Crippen LogP contribution is -2.17. The van der Waals surface area contributed by atoms with Crippen LogP contribution in [0.25, 0.3) is 0 Å². The monoisotopic (exact) mass is 387 g/mol. The van der Waals surface area contributed by atoms with Gasteiger partial charge in [-0.3, -0.25) is 4.72 Å². The fourth-order valence-corrected chi connectivity index (χ4v) is 3.61. The number of hydrogen-bond donors (Lipinski definition) is 1. The average Bonchev–Trinajstić information content (AvgIpc) is 2.49. The molecule has 2 rings (SSSR count). The molecule has 0 saturated heterocycles. The van der Waals surface area contributed by atoms with Crippen molar-refractivity contribution in [3.8, 4) is 0 Å². The van der Waals surface area contributed by atoms with Crippen LogP contribution in [-0.2, 0) is 14.8 Å². The minimum atomic E-state index is -4.04. The lowest BCUT2D eigenvalue weighted by atomic mass is 10.2. The van der Waals surface area contributed by atoms with Gasteiger partial charge in [0.2, 0.25) is 0 Å². The number of sulfonamides is 1. The summed E-state index contributed by atoms with van der Waals surface area (Å²) < 4.78 is 45.1. The second-order valence-electron chi connectivity index (χ2n) is 4.22. The molecule has 0 aliphatic carbocycles. The maximum atomic E-state index is 13.1. The molecular weight excluding hydrogens is 377 g/mol. The average molecular weight is 388 g/mol. The number of ether oxygens (including phenoxy) is 1. The second-order valence-corrected chi connectivity index (χ2v) is 6.72. The Kier molecular flexibility index (Phi) is 4.82. The topological polar surface area (TPSA) is 72.5 Å². The SMILES string of the molecule is COC(=O)c1ccccc1S(=O)(=O)Nc1ccc(F)cc1Br. The minimum Gasteiger partial charge on any atom is -0.465 e. The van der Waals surface area contributed by atoms with E-state index >= 15 is 0 Å². The van der Waals surface area contributed by atoms with E-state index in [4.69, 9.17) is 0 Å². The first-order valence-corrected chi connectivity index (χ1v) is 8.28. The molecule has 0 atom stereocenters. The number of esters is 1. The van der Waals surface area contributed by atoms with E-state index in [0.717, 1.165) is 19.2 Å². The molecule has 116 valence electrons. The normalized spacial score (nSPS) is 11.0. The van der Waals surface area contributed by atoms with Crippen LogP contribution in [0.1, 0.15) is 10.4 Å². The highest BCUT2D eigenvalue weighted by atomic mass is 79.9. The molecule has 0 aliphatic heterocycles. The molecule has 22 heavy (non-hydrogen) atoms. The summed E-state index contributed by atoms with van der Waals surface area (Å²) in [5.41, 5.74) is 0.0665. The number of benzene rings is 2. The Bertz CT molecular complexity index is 823. The first kappa shape index (κ1) is 16.4. The molecule has 8 heteroatoms. The van der Waals surface area contributed by atoms with Crippen LogP contribution in [0.5, 0.6) is 0 Å². The van der Waals surface area contributed by atoms with Gasteiger partial charge in [-0.1, -0.05) is 12.1 Å². The maximum absolute atomic E-state index is 13.1. The van der Waals surface area contributed by atoms with Gasteiger partial charge in [0, 0.05) is 4.47 Å². The third-order valence-electron chi connectivity index (χ3n) is 2.76. The molecule has 5 nitrogen and oxygen atoms in total. The highest BCUT2D eigenvalue weighted by Crippen LogP contribution is 2.27. The number of anilines is 1. The molecule has 0 radical (unpaired) electrons. The van der Waals surface area contributed by atoms with Crippen molar-refractivity contribution in [1.82, 2.24) is 0 Å². The molecule has 1 N–H and O–H groups in total. The highest BCUT2D eigenvalue weighted by molar-refractivity contribution is 9.10. The molecule has 0 aromatic heterocycles. The Morgan fingerprint density at radius 3 is 2.55 bits per heavy atom. The van der Waals surface area contributed by atoms with Crippen LogP contribution in [0.2, 0.25) is 0 Å². The number of nitrogens with one attached hydrogen (secondary N) is 1. The molecule has 0 fully saturated rings. The van der Waals surface area contributed by atoms with Gasteiger partial charge in [0.05, 0.1) is 18.4 Å². The Hall–Kier alpha value is -1.93. The van der Waals surface area contributed by atoms with Crippen molar-refractivity contribution in [3.05, 3.63) is 58.3 Å². The number of hydrogen-bond acceptors (Lipinski definition) is 4. The van der Waals surface area contributed by atoms with Crippen molar-refractivity contribution in [2.45, 2.75) is 4.90 Å². The van der Waals surface area contributed by atoms with Crippen molar-refractivity contribution >= 4 is 37.6 Å². The van der Waals surface area contributed by atoms with Gasteiger partial charge in [-0.25, -0.2) is 17.6 Å². The van der Waals surface area contributed by atoms with Crippen molar-refractivity contribution < 1.29 is 22.3 Å². The number of carbonyl (C=O) groups excluding carboxylic acids is 1. The Morgan fingerprint density at radius 1 is 1.23 bits per heavy atom. The van der Waals surface area contributed by atoms with Gasteiger partial charge < -0.3 is 4.74 Å². The van der Waals surface area contributed by atoms with Gasteiger partial charge in [0.1, 0.15) is 10.7 Å². The molecule has 0 saturated carbocycles. The first-order valence-electron chi connectivity index (χ1n) is 6.00. The van der Waals surface area contributed by atoms with Crippen molar-refractivity contribution in [2.24, 2.45) is 0 Å². The van der Waals surface area contributed by atoms with E-state index in [1.807, 2.05) is 0 Å². The van der Waals surface area contributed by atoms with Gasteiger partial charge >= 0.3 is 5.97 Å². The zero-order valence-electron chi connectivity index (χ0n) is 11.3. The Balaban J connectivity index is 2.45. The summed E-state index contributed by atoms with van der Waals surface area (Å²) in [6.07, 6.45) is 0. The highest BCUT2D eigenvalue weighted by Gasteiger charge is 2.23. The number of rotatable bonds is 4. The largest absolute Gasteiger partial charge is 0.465 e. The van der Waals surface area contributed by atoms with E-state index in [1.54, 1.807) is 0 Å². The third kappa shape index (κ3) is 3.45. The van der Waals surface area contributed by atoms with Crippen molar-refractivity contribution in [1.29, 1.82) is 0 Å². The van der Waals surface area contributed by atoms with Crippen LogP contribution < -0.4 is 4.72 Å². The van der Waals surface area contributed by atoms with Crippen LogP contribution in [0, 0.1) is 5.82 Å². The predicted molar refractivity (Wildman–Crippen MR) is 82.7 cm³/mol. The van der Waals surface area contributed by atoms with Gasteiger partial charge in [-0.05, 0) is 46.3 Å². The zero-order valence-corrected chi connectivity index (χ0v) is 13.7. The number of methoxy groups -OCH3 is 1. The summed E-state index contributed by atoms with van der Waals surface area (Å²) in [4.78, 5) is 11.4. The molecule has 0 unspecified atom stereocenters. The fraction of sp³-hybridized carbons (Fsp3) is 0.0714. The number of halogens is 2. The lowest BCUT2D eigenvalue weighted by Gasteiger charge is -2.12. The summed E-state index contributed by atoms with van der Waals surface area (Å²) in [6.45, 7) is 0. The maximum Gasteiger partial charge on any atom is 0.339 e. The van der Waals surface area contributed by atoms with E-state index in [9.17, 15) is 17.6 Å². The van der Waals surface area contributed by atoms with Gasteiger partial charge in [-0.15, -0.1) is 0 Å². The summed E-state index contributed by atoms with van der Waals surface area (Å²) >= 11 is 3.07. The Labute approximate surface area is 135 Å². The molecule has 2 aromatic carbocycles. The lowest BCUT2D eigenvalue weighted by molar-refractivity contribution is 0.0596. The van der Waals surface area contributed by atoms with Crippen LogP contribution in [0.15, 0.2) is 51.8 Å². The summed E-state index contributed by atoms with van der Waals surface area (Å²) in [7, 11) is -2.88. The quantitative estimate of drug-likeness (QED) is 0.817. The van der Waals surface area contributed by atoms with E-state index in [0.29, 0.717) is 0 Å².